The predicted octanol–water partition coefficient (Wildman–Crippen LogP) is -0.336. The van der Waals surface area contributed by atoms with Gasteiger partial charge < -0.3 is 15.4 Å². The molecule has 0 saturated carbocycles. The fourth-order valence-corrected chi connectivity index (χ4v) is 1.44. The zero-order chi connectivity index (χ0) is 11.3. The SMILES string of the molecule is COC(=O)[C@H](C)NC(=O)CCC1CNC1. The van der Waals surface area contributed by atoms with Gasteiger partial charge in [-0.25, -0.2) is 4.79 Å². The van der Waals surface area contributed by atoms with Gasteiger partial charge in [-0.3, -0.25) is 4.79 Å². The Labute approximate surface area is 89.6 Å². The van der Waals surface area contributed by atoms with Crippen LogP contribution in [0.25, 0.3) is 0 Å². The summed E-state index contributed by atoms with van der Waals surface area (Å²) in [4.78, 5) is 22.4. The van der Waals surface area contributed by atoms with Gasteiger partial charge in [0.2, 0.25) is 5.91 Å². The number of carbonyl (C=O) groups is 2. The summed E-state index contributed by atoms with van der Waals surface area (Å²) in [6.07, 6.45) is 1.36. The van der Waals surface area contributed by atoms with E-state index in [2.05, 4.69) is 15.4 Å². The highest BCUT2D eigenvalue weighted by atomic mass is 16.5. The van der Waals surface area contributed by atoms with Crippen LogP contribution in [0, 0.1) is 5.92 Å². The Morgan fingerprint density at radius 2 is 2.20 bits per heavy atom. The molecule has 0 aliphatic carbocycles. The van der Waals surface area contributed by atoms with Gasteiger partial charge in [-0.2, -0.15) is 0 Å². The predicted molar refractivity (Wildman–Crippen MR) is 55.2 cm³/mol. The quantitative estimate of drug-likeness (QED) is 0.615. The average molecular weight is 214 g/mol. The molecule has 1 amide bonds. The van der Waals surface area contributed by atoms with Crippen LogP contribution in [0.1, 0.15) is 19.8 Å². The molecule has 1 rings (SSSR count). The van der Waals surface area contributed by atoms with Crippen molar-refractivity contribution in [2.24, 2.45) is 5.92 Å². The van der Waals surface area contributed by atoms with E-state index >= 15 is 0 Å². The Morgan fingerprint density at radius 3 is 2.67 bits per heavy atom. The van der Waals surface area contributed by atoms with E-state index in [9.17, 15) is 9.59 Å². The normalized spacial score (nSPS) is 17.7. The van der Waals surface area contributed by atoms with E-state index in [1.54, 1.807) is 6.92 Å². The third-order valence-corrected chi connectivity index (χ3v) is 2.58. The first-order valence-corrected chi connectivity index (χ1v) is 5.21. The Bertz CT molecular complexity index is 239. The minimum absolute atomic E-state index is 0.0835. The molecule has 1 fully saturated rings. The van der Waals surface area contributed by atoms with Crippen LogP contribution in [0.3, 0.4) is 0 Å². The van der Waals surface area contributed by atoms with Crippen LogP contribution in [0.15, 0.2) is 0 Å². The number of hydrogen-bond donors (Lipinski definition) is 2. The van der Waals surface area contributed by atoms with Gasteiger partial charge in [-0.05, 0) is 32.4 Å². The van der Waals surface area contributed by atoms with Crippen LogP contribution in [0.2, 0.25) is 0 Å². The van der Waals surface area contributed by atoms with Crippen LogP contribution in [0.5, 0.6) is 0 Å². The number of carbonyl (C=O) groups excluding carboxylic acids is 2. The average Bonchev–Trinajstić information content (AvgIpc) is 2.14. The Balaban J connectivity index is 2.13. The summed E-state index contributed by atoms with van der Waals surface area (Å²) in [6, 6.07) is -0.554. The van der Waals surface area contributed by atoms with Crippen LogP contribution >= 0.6 is 0 Å². The molecular formula is C10H18N2O3. The van der Waals surface area contributed by atoms with E-state index in [-0.39, 0.29) is 5.91 Å². The second-order valence-electron chi connectivity index (χ2n) is 3.88. The fraction of sp³-hybridized carbons (Fsp3) is 0.800. The minimum atomic E-state index is -0.554. The molecule has 15 heavy (non-hydrogen) atoms. The summed E-state index contributed by atoms with van der Waals surface area (Å²) in [6.45, 7) is 3.62. The molecule has 5 nitrogen and oxygen atoms in total. The molecule has 0 aromatic rings. The maximum atomic E-state index is 11.4. The summed E-state index contributed by atoms with van der Waals surface area (Å²) < 4.78 is 4.51. The Morgan fingerprint density at radius 1 is 1.53 bits per heavy atom. The number of nitrogens with one attached hydrogen (secondary N) is 2. The molecule has 5 heteroatoms. The van der Waals surface area contributed by atoms with Crippen molar-refractivity contribution in [1.82, 2.24) is 10.6 Å². The first-order chi connectivity index (χ1) is 7.13. The third kappa shape index (κ3) is 3.87. The molecule has 2 N–H and O–H groups in total. The largest absolute Gasteiger partial charge is 0.467 e. The summed E-state index contributed by atoms with van der Waals surface area (Å²) in [5.74, 6) is 0.123. The van der Waals surface area contributed by atoms with Crippen molar-refractivity contribution in [1.29, 1.82) is 0 Å². The first-order valence-electron chi connectivity index (χ1n) is 5.21. The van der Waals surface area contributed by atoms with Gasteiger partial charge in [0.1, 0.15) is 6.04 Å². The van der Waals surface area contributed by atoms with Gasteiger partial charge in [0.25, 0.3) is 0 Å². The lowest BCUT2D eigenvalue weighted by atomic mass is 9.97. The number of methoxy groups -OCH3 is 1. The van der Waals surface area contributed by atoms with Gasteiger partial charge in [0.15, 0.2) is 0 Å². The number of esters is 1. The molecule has 0 radical (unpaired) electrons. The molecule has 1 saturated heterocycles. The topological polar surface area (TPSA) is 67.4 Å². The molecule has 1 aliphatic heterocycles. The first kappa shape index (κ1) is 12.0. The van der Waals surface area contributed by atoms with Gasteiger partial charge in [0, 0.05) is 6.42 Å². The molecule has 1 atom stereocenters. The van der Waals surface area contributed by atoms with Crippen LogP contribution in [-0.2, 0) is 14.3 Å². The van der Waals surface area contributed by atoms with Gasteiger partial charge in [0.05, 0.1) is 7.11 Å². The summed E-state index contributed by atoms with van der Waals surface area (Å²) in [5, 5.41) is 5.75. The molecule has 0 bridgehead atoms. The number of ether oxygens (including phenoxy) is 1. The van der Waals surface area contributed by atoms with Crippen molar-refractivity contribution >= 4 is 11.9 Å². The van der Waals surface area contributed by atoms with E-state index in [0.29, 0.717) is 12.3 Å². The molecule has 0 spiro atoms. The summed E-state index contributed by atoms with van der Waals surface area (Å²) in [7, 11) is 1.31. The molecule has 0 aromatic carbocycles. The van der Waals surface area contributed by atoms with Gasteiger partial charge >= 0.3 is 5.97 Å². The van der Waals surface area contributed by atoms with E-state index in [4.69, 9.17) is 0 Å². The van der Waals surface area contributed by atoms with Gasteiger partial charge in [-0.1, -0.05) is 0 Å². The lowest BCUT2D eigenvalue weighted by molar-refractivity contribution is -0.144. The van der Waals surface area contributed by atoms with E-state index < -0.39 is 12.0 Å². The highest BCUT2D eigenvalue weighted by Gasteiger charge is 2.19. The van der Waals surface area contributed by atoms with Crippen molar-refractivity contribution in [2.45, 2.75) is 25.8 Å². The minimum Gasteiger partial charge on any atom is -0.467 e. The van der Waals surface area contributed by atoms with E-state index in [0.717, 1.165) is 19.5 Å². The lowest BCUT2D eigenvalue weighted by Crippen LogP contribution is -2.43. The van der Waals surface area contributed by atoms with Crippen molar-refractivity contribution < 1.29 is 14.3 Å². The Hall–Kier alpha value is -1.10. The summed E-state index contributed by atoms with van der Waals surface area (Å²) >= 11 is 0. The highest BCUT2D eigenvalue weighted by Crippen LogP contribution is 2.10. The number of hydrogen-bond acceptors (Lipinski definition) is 4. The summed E-state index contributed by atoms with van der Waals surface area (Å²) in [5.41, 5.74) is 0. The zero-order valence-electron chi connectivity index (χ0n) is 9.21. The maximum absolute atomic E-state index is 11.4. The van der Waals surface area contributed by atoms with Crippen molar-refractivity contribution in [3.8, 4) is 0 Å². The highest BCUT2D eigenvalue weighted by molar-refractivity contribution is 5.83. The maximum Gasteiger partial charge on any atom is 0.328 e. The molecule has 1 heterocycles. The third-order valence-electron chi connectivity index (χ3n) is 2.58. The monoisotopic (exact) mass is 214 g/mol. The van der Waals surface area contributed by atoms with Crippen LogP contribution in [-0.4, -0.2) is 38.1 Å². The second kappa shape index (κ2) is 5.70. The molecule has 0 aromatic heterocycles. The van der Waals surface area contributed by atoms with Crippen molar-refractivity contribution in [2.75, 3.05) is 20.2 Å². The smallest absolute Gasteiger partial charge is 0.328 e. The second-order valence-corrected chi connectivity index (χ2v) is 3.88. The zero-order valence-corrected chi connectivity index (χ0v) is 9.21. The van der Waals surface area contributed by atoms with E-state index in [1.807, 2.05) is 0 Å². The van der Waals surface area contributed by atoms with Crippen LogP contribution in [0.4, 0.5) is 0 Å². The number of rotatable bonds is 5. The molecule has 0 unspecified atom stereocenters. The molecule has 86 valence electrons. The van der Waals surface area contributed by atoms with Crippen molar-refractivity contribution in [3.05, 3.63) is 0 Å². The fourth-order valence-electron chi connectivity index (χ4n) is 1.44. The van der Waals surface area contributed by atoms with Gasteiger partial charge in [-0.15, -0.1) is 0 Å². The molecule has 1 aliphatic rings. The molecular weight excluding hydrogens is 196 g/mol. The lowest BCUT2D eigenvalue weighted by Gasteiger charge is -2.26. The van der Waals surface area contributed by atoms with Crippen LogP contribution < -0.4 is 10.6 Å². The number of amides is 1. The van der Waals surface area contributed by atoms with Crippen molar-refractivity contribution in [3.63, 3.8) is 0 Å². The van der Waals surface area contributed by atoms with E-state index in [1.165, 1.54) is 7.11 Å². The standard InChI is InChI=1S/C10H18N2O3/c1-7(10(14)15-2)12-9(13)4-3-8-5-11-6-8/h7-8,11H,3-6H2,1-2H3,(H,12,13)/t7-/m0/s1. The Kier molecular flexibility index (Phi) is 4.55.